The van der Waals surface area contributed by atoms with Gasteiger partial charge in [-0.25, -0.2) is 0 Å². The van der Waals surface area contributed by atoms with Crippen LogP contribution in [0.5, 0.6) is 5.75 Å². The van der Waals surface area contributed by atoms with Crippen LogP contribution in [0.4, 0.5) is 11.4 Å². The van der Waals surface area contributed by atoms with Crippen molar-refractivity contribution in [3.8, 4) is 5.75 Å². The molecule has 1 heterocycles. The van der Waals surface area contributed by atoms with Crippen molar-refractivity contribution >= 4 is 23.2 Å². The molecule has 1 atom stereocenters. The van der Waals surface area contributed by atoms with Crippen LogP contribution < -0.4 is 21.1 Å². The molecule has 2 amide bonds. The van der Waals surface area contributed by atoms with Gasteiger partial charge in [0.2, 0.25) is 5.91 Å². The van der Waals surface area contributed by atoms with E-state index in [1.807, 2.05) is 0 Å². The van der Waals surface area contributed by atoms with Crippen molar-refractivity contribution in [1.82, 2.24) is 0 Å². The van der Waals surface area contributed by atoms with Crippen LogP contribution in [0, 0.1) is 0 Å². The van der Waals surface area contributed by atoms with E-state index in [1.165, 1.54) is 0 Å². The molecule has 1 aromatic rings. The highest BCUT2D eigenvalue weighted by Gasteiger charge is 2.23. The van der Waals surface area contributed by atoms with E-state index >= 15 is 0 Å². The zero-order valence-corrected chi connectivity index (χ0v) is 12.1. The third-order valence-electron chi connectivity index (χ3n) is 3.30. The Hall–Kier alpha value is -2.08. The molecule has 0 fully saturated rings. The molecule has 0 bridgehead atoms. The van der Waals surface area contributed by atoms with E-state index in [4.69, 9.17) is 10.5 Å². The Balaban J connectivity index is 1.91. The normalized spacial score (nSPS) is 16.7. The smallest absolute Gasteiger partial charge is 0.265 e. The number of carbonyl (C=O) groups is 2. The summed E-state index contributed by atoms with van der Waals surface area (Å²) in [5.41, 5.74) is 6.64. The molecule has 4 N–H and O–H groups in total. The molecular weight excluding hydrogens is 270 g/mol. The van der Waals surface area contributed by atoms with Gasteiger partial charge in [0.1, 0.15) is 5.75 Å². The van der Waals surface area contributed by atoms with Crippen LogP contribution in [-0.4, -0.2) is 24.5 Å². The summed E-state index contributed by atoms with van der Waals surface area (Å²) in [7, 11) is 0. The third kappa shape index (κ3) is 4.19. The van der Waals surface area contributed by atoms with Gasteiger partial charge >= 0.3 is 0 Å². The minimum Gasteiger partial charge on any atom is -0.479 e. The van der Waals surface area contributed by atoms with Crippen molar-refractivity contribution in [2.24, 2.45) is 5.73 Å². The largest absolute Gasteiger partial charge is 0.479 e. The third-order valence-corrected chi connectivity index (χ3v) is 3.30. The fraction of sp³-hybridized carbons (Fsp3) is 0.467. The van der Waals surface area contributed by atoms with E-state index < -0.39 is 6.10 Å². The fourth-order valence-electron chi connectivity index (χ4n) is 2.12. The summed E-state index contributed by atoms with van der Waals surface area (Å²) in [4.78, 5) is 23.4. The summed E-state index contributed by atoms with van der Waals surface area (Å²) in [6, 6.07) is 5.22. The van der Waals surface area contributed by atoms with Crippen molar-refractivity contribution in [3.05, 3.63) is 18.2 Å². The molecule has 2 rings (SSSR count). The van der Waals surface area contributed by atoms with E-state index in [-0.39, 0.29) is 11.8 Å². The average Bonchev–Trinajstić information content (AvgIpc) is 2.45. The lowest BCUT2D eigenvalue weighted by molar-refractivity contribution is -0.122. The Bertz CT molecular complexity index is 531. The van der Waals surface area contributed by atoms with Crippen molar-refractivity contribution in [2.75, 3.05) is 17.2 Å². The van der Waals surface area contributed by atoms with Crippen molar-refractivity contribution in [1.29, 1.82) is 0 Å². The second kappa shape index (κ2) is 7.08. The lowest BCUT2D eigenvalue weighted by Crippen LogP contribution is -2.34. The fourth-order valence-corrected chi connectivity index (χ4v) is 2.12. The second-order valence-electron chi connectivity index (χ2n) is 5.11. The van der Waals surface area contributed by atoms with Crippen molar-refractivity contribution < 1.29 is 14.3 Å². The number of rotatable bonds is 6. The lowest BCUT2D eigenvalue weighted by Gasteiger charge is -2.23. The summed E-state index contributed by atoms with van der Waals surface area (Å²) in [5.74, 6) is 0.388. The highest BCUT2D eigenvalue weighted by atomic mass is 16.5. The standard InChI is InChI=1S/C15H21N3O3/c1-10-15(20)18-12-9-11(6-7-13(12)21-10)17-14(19)5-3-2-4-8-16/h6-7,9-10H,2-5,8,16H2,1H3,(H,17,19)(H,18,20). The zero-order valence-electron chi connectivity index (χ0n) is 12.1. The van der Waals surface area contributed by atoms with E-state index in [9.17, 15) is 9.59 Å². The van der Waals surface area contributed by atoms with Crippen LogP contribution in [0.1, 0.15) is 32.6 Å². The highest BCUT2D eigenvalue weighted by Crippen LogP contribution is 2.32. The molecule has 0 spiro atoms. The minimum atomic E-state index is -0.500. The molecule has 0 saturated carbocycles. The van der Waals surface area contributed by atoms with Gasteiger partial charge in [-0.05, 0) is 44.5 Å². The Morgan fingerprint density at radius 2 is 2.19 bits per heavy atom. The number of hydrogen-bond donors (Lipinski definition) is 3. The van der Waals surface area contributed by atoms with Gasteiger partial charge in [0.25, 0.3) is 5.91 Å². The molecule has 1 aromatic carbocycles. The second-order valence-corrected chi connectivity index (χ2v) is 5.11. The summed E-state index contributed by atoms with van der Waals surface area (Å²) in [6.45, 7) is 2.35. The summed E-state index contributed by atoms with van der Waals surface area (Å²) in [5, 5.41) is 5.57. The average molecular weight is 291 g/mol. The molecule has 0 saturated heterocycles. The predicted octanol–water partition coefficient (Wildman–Crippen LogP) is 1.86. The van der Waals surface area contributed by atoms with Gasteiger partial charge in [-0.1, -0.05) is 6.42 Å². The topological polar surface area (TPSA) is 93.4 Å². The maximum atomic E-state index is 11.8. The van der Waals surface area contributed by atoms with E-state index in [2.05, 4.69) is 10.6 Å². The molecular formula is C15H21N3O3. The van der Waals surface area contributed by atoms with Crippen LogP contribution in [0.15, 0.2) is 18.2 Å². The van der Waals surface area contributed by atoms with Crippen LogP contribution in [0.3, 0.4) is 0 Å². The molecule has 6 nitrogen and oxygen atoms in total. The first-order chi connectivity index (χ1) is 10.1. The number of anilines is 2. The van der Waals surface area contributed by atoms with Crippen LogP contribution >= 0.6 is 0 Å². The Morgan fingerprint density at radius 3 is 2.95 bits per heavy atom. The first-order valence-electron chi connectivity index (χ1n) is 7.21. The van der Waals surface area contributed by atoms with Gasteiger partial charge in [0, 0.05) is 12.1 Å². The molecule has 114 valence electrons. The zero-order chi connectivity index (χ0) is 15.2. The number of nitrogens with one attached hydrogen (secondary N) is 2. The number of fused-ring (bicyclic) bond motifs is 1. The van der Waals surface area contributed by atoms with Gasteiger partial charge in [0.15, 0.2) is 6.10 Å². The monoisotopic (exact) mass is 291 g/mol. The number of hydrogen-bond acceptors (Lipinski definition) is 4. The Morgan fingerprint density at radius 1 is 1.38 bits per heavy atom. The van der Waals surface area contributed by atoms with E-state index in [0.717, 1.165) is 19.3 Å². The predicted molar refractivity (Wildman–Crippen MR) is 81.3 cm³/mol. The Kier molecular flexibility index (Phi) is 5.16. The van der Waals surface area contributed by atoms with Gasteiger partial charge in [0.05, 0.1) is 5.69 Å². The van der Waals surface area contributed by atoms with Crippen molar-refractivity contribution in [3.63, 3.8) is 0 Å². The quantitative estimate of drug-likeness (QED) is 0.697. The molecule has 0 aromatic heterocycles. The molecule has 6 heteroatoms. The van der Waals surface area contributed by atoms with Gasteiger partial charge in [-0.15, -0.1) is 0 Å². The molecule has 1 unspecified atom stereocenters. The lowest BCUT2D eigenvalue weighted by atomic mass is 10.1. The van der Waals surface area contributed by atoms with Gasteiger partial charge in [-0.2, -0.15) is 0 Å². The molecule has 1 aliphatic heterocycles. The molecule has 21 heavy (non-hydrogen) atoms. The molecule has 0 aliphatic carbocycles. The number of amides is 2. The number of benzene rings is 1. The highest BCUT2D eigenvalue weighted by molar-refractivity contribution is 5.99. The first-order valence-corrected chi connectivity index (χ1v) is 7.21. The van der Waals surface area contributed by atoms with Crippen LogP contribution in [0.25, 0.3) is 0 Å². The minimum absolute atomic E-state index is 0.0385. The maximum absolute atomic E-state index is 11.8. The maximum Gasteiger partial charge on any atom is 0.265 e. The van der Waals surface area contributed by atoms with E-state index in [1.54, 1.807) is 25.1 Å². The SMILES string of the molecule is CC1Oc2ccc(NC(=O)CCCCCN)cc2NC1=O. The summed E-state index contributed by atoms with van der Waals surface area (Å²) < 4.78 is 5.46. The van der Waals surface area contributed by atoms with Gasteiger partial charge < -0.3 is 21.1 Å². The molecule has 1 aliphatic rings. The van der Waals surface area contributed by atoms with Crippen molar-refractivity contribution in [2.45, 2.75) is 38.7 Å². The summed E-state index contributed by atoms with van der Waals surface area (Å²) >= 11 is 0. The number of nitrogens with two attached hydrogens (primary N) is 1. The number of ether oxygens (including phenoxy) is 1. The van der Waals surface area contributed by atoms with Gasteiger partial charge in [-0.3, -0.25) is 9.59 Å². The number of unbranched alkanes of at least 4 members (excludes halogenated alkanes) is 2. The first kappa shape index (κ1) is 15.3. The summed E-state index contributed by atoms with van der Waals surface area (Å²) in [6.07, 6.45) is 2.69. The Labute approximate surface area is 124 Å². The van der Waals surface area contributed by atoms with Crippen LogP contribution in [-0.2, 0) is 9.59 Å². The number of carbonyl (C=O) groups excluding carboxylic acids is 2. The van der Waals surface area contributed by atoms with E-state index in [0.29, 0.717) is 30.1 Å². The molecule has 0 radical (unpaired) electrons. The van der Waals surface area contributed by atoms with Crippen LogP contribution in [0.2, 0.25) is 0 Å².